The number of aromatic nitrogens is 2. The first-order valence-electron chi connectivity index (χ1n) is 10.1. The Morgan fingerprint density at radius 1 is 1.00 bits per heavy atom. The van der Waals surface area contributed by atoms with Gasteiger partial charge in [-0.25, -0.2) is 0 Å². The summed E-state index contributed by atoms with van der Waals surface area (Å²) in [6, 6.07) is 13.6. The van der Waals surface area contributed by atoms with Crippen LogP contribution in [0.5, 0.6) is 5.75 Å². The average Bonchev–Trinajstić information content (AvgIpc) is 3.41. The molecule has 0 spiro atoms. The van der Waals surface area contributed by atoms with Gasteiger partial charge in [-0.1, -0.05) is 11.6 Å². The van der Waals surface area contributed by atoms with Gasteiger partial charge in [-0.2, -0.15) is 4.37 Å². The molecular formula is C23H22N4O3S. The predicted molar refractivity (Wildman–Crippen MR) is 121 cm³/mol. The van der Waals surface area contributed by atoms with Crippen LogP contribution in [0, 0.1) is 6.92 Å². The van der Waals surface area contributed by atoms with Crippen molar-refractivity contribution in [1.82, 2.24) is 19.2 Å². The highest BCUT2D eigenvalue weighted by Gasteiger charge is 2.28. The maximum Gasteiger partial charge on any atom is 0.274 e. The molecule has 0 radical (unpaired) electrons. The number of benzene rings is 2. The minimum Gasteiger partial charge on any atom is -0.497 e. The highest BCUT2D eigenvalue weighted by molar-refractivity contribution is 7.13. The molecule has 0 saturated carbocycles. The van der Waals surface area contributed by atoms with Crippen LogP contribution in [0.1, 0.15) is 26.5 Å². The molecule has 0 unspecified atom stereocenters. The van der Waals surface area contributed by atoms with Crippen LogP contribution in [-0.2, 0) is 0 Å². The minimum absolute atomic E-state index is 0.0583. The number of piperazine rings is 1. The smallest absolute Gasteiger partial charge is 0.274 e. The summed E-state index contributed by atoms with van der Waals surface area (Å²) in [6.07, 6.45) is 0. The van der Waals surface area contributed by atoms with Crippen LogP contribution in [0.2, 0.25) is 0 Å². The van der Waals surface area contributed by atoms with Crippen molar-refractivity contribution in [3.05, 3.63) is 59.4 Å². The number of amides is 2. The van der Waals surface area contributed by atoms with E-state index in [1.807, 2.05) is 49.4 Å². The fourth-order valence-electron chi connectivity index (χ4n) is 3.99. The molecule has 1 N–H and O–H groups in total. The zero-order valence-corrected chi connectivity index (χ0v) is 18.2. The molecule has 4 aromatic rings. The van der Waals surface area contributed by atoms with E-state index in [1.165, 1.54) is 11.5 Å². The lowest BCUT2D eigenvalue weighted by Crippen LogP contribution is -2.50. The van der Waals surface area contributed by atoms with Crippen molar-refractivity contribution in [2.45, 2.75) is 6.92 Å². The van der Waals surface area contributed by atoms with E-state index >= 15 is 0 Å². The van der Waals surface area contributed by atoms with Crippen molar-refractivity contribution in [3.8, 4) is 5.75 Å². The van der Waals surface area contributed by atoms with Crippen LogP contribution < -0.4 is 4.74 Å². The second kappa shape index (κ2) is 7.70. The lowest BCUT2D eigenvalue weighted by Gasteiger charge is -2.34. The first-order valence-corrected chi connectivity index (χ1v) is 10.9. The third-order valence-electron chi connectivity index (χ3n) is 5.74. The van der Waals surface area contributed by atoms with Crippen LogP contribution in [0.3, 0.4) is 0 Å². The number of hydrogen-bond acceptors (Lipinski definition) is 5. The van der Waals surface area contributed by atoms with Crippen LogP contribution in [-0.4, -0.2) is 64.3 Å². The molecule has 3 heterocycles. The largest absolute Gasteiger partial charge is 0.497 e. The van der Waals surface area contributed by atoms with E-state index in [1.54, 1.807) is 16.9 Å². The summed E-state index contributed by atoms with van der Waals surface area (Å²) in [6.45, 7) is 3.97. The van der Waals surface area contributed by atoms with E-state index in [0.717, 1.165) is 32.3 Å². The molecule has 0 aliphatic carbocycles. The summed E-state index contributed by atoms with van der Waals surface area (Å²) < 4.78 is 10.7. The SMILES string of the molecule is COc1ccc2cc(C(=O)N3CCN(C(=O)c4nsc5ccc(C)cc45)CC3)[nH]c2c1. The number of ether oxygens (including phenoxy) is 1. The number of nitrogens with one attached hydrogen (secondary N) is 1. The minimum atomic E-state index is -0.0679. The molecule has 5 rings (SSSR count). The number of H-pyrrole nitrogens is 1. The lowest BCUT2D eigenvalue weighted by molar-refractivity contribution is 0.0531. The van der Waals surface area contributed by atoms with E-state index in [2.05, 4.69) is 9.36 Å². The molecule has 2 amide bonds. The zero-order chi connectivity index (χ0) is 21.5. The Morgan fingerprint density at radius 3 is 2.48 bits per heavy atom. The molecule has 1 aliphatic rings. The van der Waals surface area contributed by atoms with Gasteiger partial charge in [0.2, 0.25) is 0 Å². The fourth-order valence-corrected chi connectivity index (χ4v) is 4.74. The van der Waals surface area contributed by atoms with Crippen LogP contribution in [0.15, 0.2) is 42.5 Å². The van der Waals surface area contributed by atoms with Crippen LogP contribution in [0.25, 0.3) is 21.0 Å². The molecule has 8 heteroatoms. The third-order valence-corrected chi connectivity index (χ3v) is 6.57. The Hall–Kier alpha value is -3.39. The highest BCUT2D eigenvalue weighted by Crippen LogP contribution is 2.26. The van der Waals surface area contributed by atoms with Crippen molar-refractivity contribution in [2.75, 3.05) is 33.3 Å². The van der Waals surface area contributed by atoms with Crippen molar-refractivity contribution in [1.29, 1.82) is 0 Å². The van der Waals surface area contributed by atoms with Crippen molar-refractivity contribution >= 4 is 44.3 Å². The van der Waals surface area contributed by atoms with Gasteiger partial charge in [-0.15, -0.1) is 0 Å². The van der Waals surface area contributed by atoms with E-state index in [4.69, 9.17) is 4.74 Å². The van der Waals surface area contributed by atoms with Crippen LogP contribution >= 0.6 is 11.5 Å². The number of nitrogens with zero attached hydrogens (tertiary/aromatic N) is 3. The summed E-state index contributed by atoms with van der Waals surface area (Å²) in [4.78, 5) is 32.8. The first-order chi connectivity index (χ1) is 15.0. The second-order valence-electron chi connectivity index (χ2n) is 7.75. The summed E-state index contributed by atoms with van der Waals surface area (Å²) in [5.41, 5.74) is 3.02. The first kappa shape index (κ1) is 19.6. The number of methoxy groups -OCH3 is 1. The quantitative estimate of drug-likeness (QED) is 0.533. The normalized spacial score (nSPS) is 14.4. The van der Waals surface area contributed by atoms with Crippen molar-refractivity contribution in [3.63, 3.8) is 0 Å². The monoisotopic (exact) mass is 434 g/mol. The molecule has 0 bridgehead atoms. The number of fused-ring (bicyclic) bond motifs is 2. The molecule has 7 nitrogen and oxygen atoms in total. The molecule has 1 aliphatic heterocycles. The summed E-state index contributed by atoms with van der Waals surface area (Å²) >= 11 is 1.35. The summed E-state index contributed by atoms with van der Waals surface area (Å²) in [7, 11) is 1.62. The third kappa shape index (κ3) is 3.53. The molecule has 158 valence electrons. The average molecular weight is 435 g/mol. The molecule has 31 heavy (non-hydrogen) atoms. The van der Waals surface area contributed by atoms with E-state index in [9.17, 15) is 9.59 Å². The Kier molecular flexibility index (Phi) is 4.86. The Balaban J connectivity index is 1.29. The van der Waals surface area contributed by atoms with Gasteiger partial charge < -0.3 is 19.5 Å². The number of aryl methyl sites for hydroxylation is 1. The molecule has 1 fully saturated rings. The van der Waals surface area contributed by atoms with Gasteiger partial charge in [0.15, 0.2) is 0 Å². The van der Waals surface area contributed by atoms with Gasteiger partial charge >= 0.3 is 0 Å². The fraction of sp³-hybridized carbons (Fsp3) is 0.261. The van der Waals surface area contributed by atoms with Gasteiger partial charge in [-0.3, -0.25) is 9.59 Å². The number of aromatic amines is 1. The maximum absolute atomic E-state index is 13.1. The van der Waals surface area contributed by atoms with E-state index in [-0.39, 0.29) is 11.8 Å². The standard InChI is InChI=1S/C23H22N4O3S/c1-14-3-6-20-17(11-14)21(25-31-20)23(29)27-9-7-26(8-10-27)22(28)19-12-15-4-5-16(30-2)13-18(15)24-19/h3-6,11-13,24H,7-10H2,1-2H3. The summed E-state index contributed by atoms with van der Waals surface area (Å²) in [5, 5.41) is 1.87. The molecule has 0 atom stereocenters. The Labute approximate surface area is 183 Å². The Morgan fingerprint density at radius 2 is 1.74 bits per heavy atom. The molecule has 2 aromatic carbocycles. The number of carbonyl (C=O) groups is 2. The topological polar surface area (TPSA) is 78.5 Å². The number of carbonyl (C=O) groups excluding carboxylic acids is 2. The molecule has 2 aromatic heterocycles. The zero-order valence-electron chi connectivity index (χ0n) is 17.3. The summed E-state index contributed by atoms with van der Waals surface area (Å²) in [5.74, 6) is 0.615. The Bertz CT molecular complexity index is 1300. The molecule has 1 saturated heterocycles. The highest BCUT2D eigenvalue weighted by atomic mass is 32.1. The second-order valence-corrected chi connectivity index (χ2v) is 8.56. The van der Waals surface area contributed by atoms with Gasteiger partial charge in [0.05, 0.1) is 11.8 Å². The molecular weight excluding hydrogens is 412 g/mol. The number of rotatable bonds is 3. The van der Waals surface area contributed by atoms with Crippen LogP contribution in [0.4, 0.5) is 0 Å². The van der Waals surface area contributed by atoms with Gasteiger partial charge in [0.25, 0.3) is 11.8 Å². The van der Waals surface area contributed by atoms with Gasteiger partial charge in [0, 0.05) is 48.5 Å². The van der Waals surface area contributed by atoms with E-state index in [0.29, 0.717) is 37.6 Å². The van der Waals surface area contributed by atoms with E-state index < -0.39 is 0 Å². The lowest BCUT2D eigenvalue weighted by atomic mass is 10.1. The maximum atomic E-state index is 13.1. The van der Waals surface area contributed by atoms with Crippen molar-refractivity contribution in [2.24, 2.45) is 0 Å². The van der Waals surface area contributed by atoms with Crippen molar-refractivity contribution < 1.29 is 14.3 Å². The van der Waals surface area contributed by atoms with Gasteiger partial charge in [-0.05, 0) is 48.8 Å². The van der Waals surface area contributed by atoms with Gasteiger partial charge in [0.1, 0.15) is 17.1 Å². The predicted octanol–water partition coefficient (Wildman–Crippen LogP) is 3.69. The number of hydrogen-bond donors (Lipinski definition) is 1.